The first-order chi connectivity index (χ1) is 18.1. The van der Waals surface area contributed by atoms with Crippen molar-refractivity contribution in [3.05, 3.63) is 54.2 Å². The Balaban J connectivity index is 0.000000317. The molecule has 39 heavy (non-hydrogen) atoms. The molecule has 2 saturated heterocycles. The Labute approximate surface area is 217 Å². The molecule has 0 spiro atoms. The second-order valence-corrected chi connectivity index (χ2v) is 8.41. The quantitative estimate of drug-likeness (QED) is 0.532. The summed E-state index contributed by atoms with van der Waals surface area (Å²) < 4.78 is 75.0. The van der Waals surface area contributed by atoms with E-state index in [9.17, 15) is 31.1 Å². The lowest BCUT2D eigenvalue weighted by molar-refractivity contribution is -0.193. The van der Waals surface area contributed by atoms with E-state index < -0.39 is 24.3 Å². The lowest BCUT2D eigenvalue weighted by Crippen LogP contribution is -2.46. The molecule has 16 heteroatoms. The monoisotopic (exact) mass is 569 g/mol. The average molecular weight is 569 g/mol. The van der Waals surface area contributed by atoms with Gasteiger partial charge < -0.3 is 24.3 Å². The van der Waals surface area contributed by atoms with Crippen molar-refractivity contribution in [1.82, 2.24) is 14.8 Å². The van der Waals surface area contributed by atoms with E-state index in [1.54, 1.807) is 24.7 Å². The second kappa shape index (κ2) is 13.4. The highest BCUT2D eigenvalue weighted by Crippen LogP contribution is 2.33. The number of fused-ring (bicyclic) bond motifs is 1. The fourth-order valence-electron chi connectivity index (χ4n) is 3.97. The number of aliphatic carboxylic acids is 2. The van der Waals surface area contributed by atoms with Crippen molar-refractivity contribution in [2.24, 2.45) is 0 Å². The molecular weight excluding hydrogens is 544 g/mol. The van der Waals surface area contributed by atoms with Crippen LogP contribution < -0.4 is 0 Å². The van der Waals surface area contributed by atoms with Crippen molar-refractivity contribution in [1.29, 1.82) is 0 Å². The van der Waals surface area contributed by atoms with Crippen molar-refractivity contribution in [3.63, 3.8) is 0 Å². The van der Waals surface area contributed by atoms with Crippen LogP contribution in [0.3, 0.4) is 0 Å². The number of carbonyl (C=O) groups is 3. The number of alkyl halides is 6. The maximum Gasteiger partial charge on any atom is 0.490 e. The number of carboxylic acids is 2. The van der Waals surface area contributed by atoms with Crippen LogP contribution in [0.4, 0.5) is 26.3 Å². The van der Waals surface area contributed by atoms with Crippen LogP contribution in [0.25, 0.3) is 0 Å². The van der Waals surface area contributed by atoms with Gasteiger partial charge in [0.1, 0.15) is 5.76 Å². The minimum Gasteiger partial charge on any atom is -0.475 e. The number of rotatable bonds is 4. The van der Waals surface area contributed by atoms with Crippen molar-refractivity contribution in [2.45, 2.75) is 49.9 Å². The summed E-state index contributed by atoms with van der Waals surface area (Å²) in [4.78, 5) is 39.1. The van der Waals surface area contributed by atoms with Crippen LogP contribution in [0.15, 0.2) is 47.3 Å². The van der Waals surface area contributed by atoms with Gasteiger partial charge in [-0.25, -0.2) is 9.59 Å². The summed E-state index contributed by atoms with van der Waals surface area (Å²) in [6, 6.07) is 7.80. The molecule has 4 rings (SSSR count). The number of likely N-dealkylation sites (tertiary alicyclic amines) is 1. The molecule has 3 atom stereocenters. The molecule has 10 nitrogen and oxygen atoms in total. The zero-order valence-corrected chi connectivity index (χ0v) is 20.4. The molecule has 2 aliphatic heterocycles. The summed E-state index contributed by atoms with van der Waals surface area (Å²) in [5.41, 5.74) is 0.640. The highest BCUT2D eigenvalue weighted by molar-refractivity contribution is 5.94. The van der Waals surface area contributed by atoms with Gasteiger partial charge >= 0.3 is 24.3 Å². The van der Waals surface area contributed by atoms with Crippen LogP contribution in [0, 0.1) is 0 Å². The van der Waals surface area contributed by atoms with Gasteiger partial charge in [-0.05, 0) is 44.2 Å². The smallest absolute Gasteiger partial charge is 0.475 e. The molecule has 0 aromatic carbocycles. The summed E-state index contributed by atoms with van der Waals surface area (Å²) in [6.45, 7) is 2.14. The minimum atomic E-state index is -5.08. The van der Waals surface area contributed by atoms with E-state index >= 15 is 0 Å². The van der Waals surface area contributed by atoms with Crippen LogP contribution in [0.2, 0.25) is 0 Å². The van der Waals surface area contributed by atoms with E-state index in [2.05, 4.69) is 16.9 Å². The topological polar surface area (TPSA) is 133 Å². The van der Waals surface area contributed by atoms with Gasteiger partial charge in [0.25, 0.3) is 5.91 Å². The van der Waals surface area contributed by atoms with Crippen LogP contribution in [-0.2, 0) is 20.9 Å². The van der Waals surface area contributed by atoms with E-state index in [1.807, 2.05) is 23.1 Å². The Morgan fingerprint density at radius 2 is 1.69 bits per heavy atom. The van der Waals surface area contributed by atoms with Crippen LogP contribution in [0.1, 0.15) is 29.0 Å². The number of pyridine rings is 1. The van der Waals surface area contributed by atoms with Gasteiger partial charge in [0.2, 0.25) is 0 Å². The predicted octanol–water partition coefficient (Wildman–Crippen LogP) is 3.45. The third kappa shape index (κ3) is 9.24. The largest absolute Gasteiger partial charge is 0.490 e. The van der Waals surface area contributed by atoms with Crippen molar-refractivity contribution in [2.75, 3.05) is 20.2 Å². The summed E-state index contributed by atoms with van der Waals surface area (Å²) >= 11 is 0. The molecule has 1 amide bonds. The Kier molecular flexibility index (Phi) is 10.9. The molecule has 2 fully saturated rings. The maximum absolute atomic E-state index is 13.0. The normalized spacial score (nSPS) is 20.7. The number of nitrogens with zero attached hydrogens (tertiary/aromatic N) is 3. The molecule has 4 heterocycles. The van der Waals surface area contributed by atoms with Gasteiger partial charge in [0.15, 0.2) is 0 Å². The molecule has 2 aromatic rings. The van der Waals surface area contributed by atoms with E-state index in [1.165, 1.54) is 0 Å². The van der Waals surface area contributed by atoms with Crippen LogP contribution >= 0.6 is 0 Å². The number of furan rings is 1. The van der Waals surface area contributed by atoms with E-state index in [0.29, 0.717) is 18.7 Å². The second-order valence-electron chi connectivity index (χ2n) is 8.41. The number of amides is 1. The third-order valence-corrected chi connectivity index (χ3v) is 5.70. The lowest BCUT2D eigenvalue weighted by Gasteiger charge is -2.34. The molecule has 0 unspecified atom stereocenters. The molecule has 216 valence electrons. The summed E-state index contributed by atoms with van der Waals surface area (Å²) in [6.07, 6.45) is -3.12. The summed E-state index contributed by atoms with van der Waals surface area (Å²) in [5.74, 6) is -4.55. The van der Waals surface area contributed by atoms with Crippen LogP contribution in [-0.4, -0.2) is 93.6 Å². The van der Waals surface area contributed by atoms with Crippen molar-refractivity contribution >= 4 is 17.8 Å². The third-order valence-electron chi connectivity index (χ3n) is 5.70. The van der Waals surface area contributed by atoms with E-state index in [0.717, 1.165) is 25.2 Å². The standard InChI is InChI=1S/C19H23N3O3.2C2HF3O2/c1-21(12-15-6-3-9-24-15)17-13-22(16-7-4-10-25-18(16)17)19(23)14-5-2-8-20-11-14;2*3-2(4,5)1(6)7/h2-3,5-6,8-9,11,16-18H,4,7,10,12-13H2,1H3;2*(H,6,7)/t16-,17-,18+;;/m1../s1. The zero-order valence-electron chi connectivity index (χ0n) is 20.4. The molecule has 2 aliphatic rings. The van der Waals surface area contributed by atoms with Crippen molar-refractivity contribution < 1.29 is 60.1 Å². The Hall–Kier alpha value is -3.66. The van der Waals surface area contributed by atoms with Gasteiger partial charge in [-0.2, -0.15) is 26.3 Å². The van der Waals surface area contributed by atoms with Gasteiger partial charge in [0, 0.05) is 25.5 Å². The number of carbonyl (C=O) groups excluding carboxylic acids is 1. The SMILES string of the molecule is CN(Cc1ccco1)[C@@H]1CN(C(=O)c2cccnc2)[C@@H]2CCCO[C@H]12.O=C(O)C(F)(F)F.O=C(O)C(F)(F)F. The number of halogens is 6. The Morgan fingerprint density at radius 3 is 2.18 bits per heavy atom. The van der Waals surface area contributed by atoms with E-state index in [4.69, 9.17) is 29.0 Å². The average Bonchev–Trinajstić information content (AvgIpc) is 3.52. The molecule has 2 aromatic heterocycles. The maximum atomic E-state index is 13.0. The van der Waals surface area contributed by atoms with Crippen LogP contribution in [0.5, 0.6) is 0 Å². The molecule has 0 aliphatic carbocycles. The lowest BCUT2D eigenvalue weighted by atomic mass is 10.00. The Bertz CT molecular complexity index is 1060. The van der Waals surface area contributed by atoms with Gasteiger partial charge in [-0.3, -0.25) is 14.7 Å². The summed E-state index contributed by atoms with van der Waals surface area (Å²) in [5, 5.41) is 14.2. The fourth-order valence-corrected chi connectivity index (χ4v) is 3.97. The number of likely N-dealkylation sites (N-methyl/N-ethyl adjacent to an activating group) is 1. The van der Waals surface area contributed by atoms with E-state index in [-0.39, 0.29) is 24.1 Å². The molecule has 2 N–H and O–H groups in total. The first-order valence-corrected chi connectivity index (χ1v) is 11.3. The Morgan fingerprint density at radius 1 is 1.08 bits per heavy atom. The molecular formula is C23H25F6N3O7. The highest BCUT2D eigenvalue weighted by Gasteiger charge is 2.47. The number of carboxylic acid groups (broad SMARTS) is 2. The summed E-state index contributed by atoms with van der Waals surface area (Å²) in [7, 11) is 2.07. The van der Waals surface area contributed by atoms with Gasteiger partial charge in [0.05, 0.1) is 36.6 Å². The number of hydrogen-bond donors (Lipinski definition) is 2. The molecule has 0 radical (unpaired) electrons. The zero-order chi connectivity index (χ0) is 29.4. The molecule has 0 bridgehead atoms. The highest BCUT2D eigenvalue weighted by atomic mass is 19.4. The predicted molar refractivity (Wildman–Crippen MR) is 119 cm³/mol. The van der Waals surface area contributed by atoms with Gasteiger partial charge in [-0.15, -0.1) is 0 Å². The minimum absolute atomic E-state index is 0.0440. The first kappa shape index (κ1) is 31.6. The number of aromatic nitrogens is 1. The fraction of sp³-hybridized carbons (Fsp3) is 0.478. The molecule has 0 saturated carbocycles. The van der Waals surface area contributed by atoms with Crippen molar-refractivity contribution in [3.8, 4) is 0 Å². The van der Waals surface area contributed by atoms with Gasteiger partial charge in [-0.1, -0.05) is 0 Å². The first-order valence-electron chi connectivity index (χ1n) is 11.3. The number of hydrogen-bond acceptors (Lipinski definition) is 7. The number of ether oxygens (including phenoxy) is 1.